The highest BCUT2D eigenvalue weighted by Gasteiger charge is 2.33. The minimum Gasteiger partial charge on any atom is -0.380 e. The molecule has 1 atom stereocenters. The van der Waals surface area contributed by atoms with Crippen LogP contribution in [0.1, 0.15) is 25.5 Å². The maximum Gasteiger partial charge on any atom is 0.180 e. The molecule has 2 rings (SSSR count). The monoisotopic (exact) mass is 283 g/mol. The Hall–Kier alpha value is -0.910. The predicted molar refractivity (Wildman–Crippen MR) is 74.9 cm³/mol. The molecule has 4 nitrogen and oxygen atoms in total. The first-order valence-electron chi connectivity index (χ1n) is 6.63. The number of nitrogens with one attached hydrogen (secondary N) is 1. The van der Waals surface area contributed by atoms with Gasteiger partial charge in [-0.25, -0.2) is 8.42 Å². The van der Waals surface area contributed by atoms with Crippen molar-refractivity contribution in [3.05, 3.63) is 29.8 Å². The fraction of sp³-hybridized carbons (Fsp3) is 0.571. The lowest BCUT2D eigenvalue weighted by molar-refractivity contribution is 0.110. The molecule has 0 saturated heterocycles. The second-order valence-electron chi connectivity index (χ2n) is 5.29. The molecule has 0 radical (unpaired) electrons. The van der Waals surface area contributed by atoms with E-state index in [-0.39, 0.29) is 11.8 Å². The van der Waals surface area contributed by atoms with Gasteiger partial charge in [-0.3, -0.25) is 0 Å². The average Bonchev–Trinajstić information content (AvgIpc) is 2.61. The molecule has 106 valence electrons. The fourth-order valence-corrected chi connectivity index (χ4v) is 4.01. The molecule has 1 aromatic rings. The van der Waals surface area contributed by atoms with Crippen molar-refractivity contribution in [3.8, 4) is 0 Å². The molecule has 0 fully saturated rings. The molecule has 0 saturated carbocycles. The lowest BCUT2D eigenvalue weighted by atomic mass is 10.1. The first kappa shape index (κ1) is 14.5. The second kappa shape index (κ2) is 6.03. The van der Waals surface area contributed by atoms with Gasteiger partial charge in [0.05, 0.1) is 17.3 Å². The van der Waals surface area contributed by atoms with E-state index in [0.29, 0.717) is 24.0 Å². The topological polar surface area (TPSA) is 55.4 Å². The van der Waals surface area contributed by atoms with Crippen molar-refractivity contribution in [2.75, 3.05) is 25.5 Å². The molecular formula is C14H21NO3S. The van der Waals surface area contributed by atoms with Gasteiger partial charge in [0, 0.05) is 19.2 Å². The second-order valence-corrected chi connectivity index (χ2v) is 7.30. The smallest absolute Gasteiger partial charge is 0.180 e. The Kier molecular flexibility index (Phi) is 4.60. The van der Waals surface area contributed by atoms with Crippen LogP contribution < -0.4 is 5.32 Å². The maximum absolute atomic E-state index is 12.0. The number of benzene rings is 1. The van der Waals surface area contributed by atoms with Crippen molar-refractivity contribution in [3.63, 3.8) is 0 Å². The minimum absolute atomic E-state index is 0.108. The Morgan fingerprint density at radius 1 is 1.37 bits per heavy atom. The van der Waals surface area contributed by atoms with E-state index in [1.165, 1.54) is 0 Å². The van der Waals surface area contributed by atoms with Gasteiger partial charge in [-0.05, 0) is 17.5 Å². The van der Waals surface area contributed by atoms with Gasteiger partial charge in [-0.2, -0.15) is 0 Å². The van der Waals surface area contributed by atoms with E-state index in [9.17, 15) is 8.42 Å². The van der Waals surface area contributed by atoms with Gasteiger partial charge in [0.2, 0.25) is 0 Å². The van der Waals surface area contributed by atoms with Crippen LogP contribution in [0.15, 0.2) is 29.2 Å². The summed E-state index contributed by atoms with van der Waals surface area (Å²) in [5.74, 6) is 0.670. The zero-order chi connectivity index (χ0) is 13.9. The lowest BCUT2D eigenvalue weighted by Gasteiger charge is -2.13. The number of fused-ring (bicyclic) bond motifs is 1. The SMILES string of the molecule is CC(C)COCCNC1CS(=O)(=O)c2ccccc21. The molecule has 1 heterocycles. The quantitative estimate of drug-likeness (QED) is 0.809. The molecule has 0 bridgehead atoms. The van der Waals surface area contributed by atoms with E-state index in [2.05, 4.69) is 19.2 Å². The average molecular weight is 283 g/mol. The summed E-state index contributed by atoms with van der Waals surface area (Å²) in [6.45, 7) is 6.22. The molecule has 0 aromatic heterocycles. The predicted octanol–water partition coefficient (Wildman–Crippen LogP) is 1.78. The van der Waals surface area contributed by atoms with Crippen LogP contribution >= 0.6 is 0 Å². The van der Waals surface area contributed by atoms with E-state index in [1.807, 2.05) is 12.1 Å². The van der Waals surface area contributed by atoms with Gasteiger partial charge >= 0.3 is 0 Å². The molecule has 0 amide bonds. The normalized spacial score (nSPS) is 20.7. The fourth-order valence-electron chi connectivity index (χ4n) is 2.24. The number of rotatable bonds is 6. The molecule has 19 heavy (non-hydrogen) atoms. The van der Waals surface area contributed by atoms with Crippen LogP contribution in [0.25, 0.3) is 0 Å². The van der Waals surface area contributed by atoms with Crippen LogP contribution in [0.3, 0.4) is 0 Å². The van der Waals surface area contributed by atoms with E-state index in [1.54, 1.807) is 12.1 Å². The Morgan fingerprint density at radius 3 is 2.84 bits per heavy atom. The van der Waals surface area contributed by atoms with Crippen LogP contribution in [0.5, 0.6) is 0 Å². The van der Waals surface area contributed by atoms with Crippen molar-refractivity contribution < 1.29 is 13.2 Å². The summed E-state index contributed by atoms with van der Waals surface area (Å²) in [4.78, 5) is 0.468. The highest BCUT2D eigenvalue weighted by atomic mass is 32.2. The summed E-state index contributed by atoms with van der Waals surface area (Å²) in [5, 5.41) is 3.26. The molecule has 0 aliphatic carbocycles. The summed E-state index contributed by atoms with van der Waals surface area (Å²) in [5.41, 5.74) is 0.881. The van der Waals surface area contributed by atoms with Crippen LogP contribution in [0, 0.1) is 5.92 Å². The summed E-state index contributed by atoms with van der Waals surface area (Å²) in [6.07, 6.45) is 0. The Morgan fingerprint density at radius 2 is 2.11 bits per heavy atom. The molecule has 5 heteroatoms. The van der Waals surface area contributed by atoms with Gasteiger partial charge < -0.3 is 10.1 Å². The zero-order valence-corrected chi connectivity index (χ0v) is 12.2. The maximum atomic E-state index is 12.0. The van der Waals surface area contributed by atoms with E-state index >= 15 is 0 Å². The van der Waals surface area contributed by atoms with Crippen molar-refractivity contribution in [1.29, 1.82) is 0 Å². The minimum atomic E-state index is -3.11. The van der Waals surface area contributed by atoms with Gasteiger partial charge in [0.1, 0.15) is 0 Å². The Bertz CT molecular complexity index is 525. The summed E-state index contributed by atoms with van der Waals surface area (Å²) >= 11 is 0. The van der Waals surface area contributed by atoms with E-state index in [4.69, 9.17) is 4.74 Å². The van der Waals surface area contributed by atoms with Crippen molar-refractivity contribution in [2.45, 2.75) is 24.8 Å². The van der Waals surface area contributed by atoms with Crippen LogP contribution in [-0.4, -0.2) is 33.9 Å². The third-order valence-electron chi connectivity index (χ3n) is 3.10. The first-order valence-corrected chi connectivity index (χ1v) is 8.29. The zero-order valence-electron chi connectivity index (χ0n) is 11.4. The molecule has 1 aliphatic heterocycles. The van der Waals surface area contributed by atoms with Crippen LogP contribution in [0.4, 0.5) is 0 Å². The van der Waals surface area contributed by atoms with Gasteiger partial charge in [0.25, 0.3) is 0 Å². The third kappa shape index (κ3) is 3.55. The first-order chi connectivity index (χ1) is 9.00. The highest BCUT2D eigenvalue weighted by Crippen LogP contribution is 2.32. The van der Waals surface area contributed by atoms with Crippen LogP contribution in [0.2, 0.25) is 0 Å². The summed E-state index contributed by atoms with van der Waals surface area (Å²) in [7, 11) is -3.11. The number of ether oxygens (including phenoxy) is 1. The molecule has 1 unspecified atom stereocenters. The standard InChI is InChI=1S/C14H21NO3S/c1-11(2)9-18-8-7-15-13-10-19(16,17)14-6-4-3-5-12(13)14/h3-6,11,13,15H,7-10H2,1-2H3. The molecule has 1 aromatic carbocycles. The molecule has 1 N–H and O–H groups in total. The number of hydrogen-bond donors (Lipinski definition) is 1. The van der Waals surface area contributed by atoms with Crippen LogP contribution in [-0.2, 0) is 14.6 Å². The van der Waals surface area contributed by atoms with Crippen molar-refractivity contribution >= 4 is 9.84 Å². The molecular weight excluding hydrogens is 262 g/mol. The summed E-state index contributed by atoms with van der Waals surface area (Å²) in [6, 6.07) is 7.10. The van der Waals surface area contributed by atoms with E-state index in [0.717, 1.165) is 12.2 Å². The molecule has 1 aliphatic rings. The Balaban J connectivity index is 1.90. The van der Waals surface area contributed by atoms with E-state index < -0.39 is 9.84 Å². The Labute approximate surface area is 115 Å². The largest absolute Gasteiger partial charge is 0.380 e. The van der Waals surface area contributed by atoms with Gasteiger partial charge in [0.15, 0.2) is 9.84 Å². The number of hydrogen-bond acceptors (Lipinski definition) is 4. The molecule has 0 spiro atoms. The summed E-state index contributed by atoms with van der Waals surface area (Å²) < 4.78 is 29.4. The number of sulfone groups is 1. The van der Waals surface area contributed by atoms with Crippen molar-refractivity contribution in [1.82, 2.24) is 5.32 Å². The highest BCUT2D eigenvalue weighted by molar-refractivity contribution is 7.91. The lowest BCUT2D eigenvalue weighted by Crippen LogP contribution is -2.27. The van der Waals surface area contributed by atoms with Gasteiger partial charge in [-0.1, -0.05) is 32.0 Å². The van der Waals surface area contributed by atoms with Crippen molar-refractivity contribution in [2.24, 2.45) is 5.92 Å². The third-order valence-corrected chi connectivity index (χ3v) is 4.92. The van der Waals surface area contributed by atoms with Gasteiger partial charge in [-0.15, -0.1) is 0 Å².